The van der Waals surface area contributed by atoms with E-state index in [9.17, 15) is 0 Å². The largest absolute Gasteiger partial charge is 0.317 e. The molecule has 0 bridgehead atoms. The molecule has 2 heterocycles. The highest BCUT2D eigenvalue weighted by Gasteiger charge is 2.47. The van der Waals surface area contributed by atoms with Crippen LogP contribution in [-0.4, -0.2) is 36.6 Å². The summed E-state index contributed by atoms with van der Waals surface area (Å²) >= 11 is 0. The molecule has 106 valence electrons. The van der Waals surface area contributed by atoms with Crippen molar-refractivity contribution in [1.82, 2.24) is 10.2 Å². The molecule has 0 aliphatic carbocycles. The Hall–Kier alpha value is -0.0800. The molecule has 0 aromatic heterocycles. The van der Waals surface area contributed by atoms with E-state index in [1.807, 2.05) is 0 Å². The fourth-order valence-electron chi connectivity index (χ4n) is 3.61. The van der Waals surface area contributed by atoms with E-state index in [1.54, 1.807) is 0 Å². The van der Waals surface area contributed by atoms with E-state index in [1.165, 1.54) is 71.1 Å². The maximum absolute atomic E-state index is 3.49. The van der Waals surface area contributed by atoms with Crippen molar-refractivity contribution in [2.75, 3.05) is 26.2 Å². The predicted octanol–water partition coefficient (Wildman–Crippen LogP) is 3.42. The molecule has 2 aliphatic rings. The topological polar surface area (TPSA) is 15.3 Å². The maximum Gasteiger partial charge on any atom is 0.0153 e. The second kappa shape index (κ2) is 5.92. The molecule has 1 N–H and O–H groups in total. The van der Waals surface area contributed by atoms with Gasteiger partial charge in [-0.25, -0.2) is 0 Å². The summed E-state index contributed by atoms with van der Waals surface area (Å²) in [6.45, 7) is 12.4. The molecule has 0 amide bonds. The van der Waals surface area contributed by atoms with E-state index < -0.39 is 0 Å². The first-order chi connectivity index (χ1) is 8.58. The zero-order chi connectivity index (χ0) is 13.1. The van der Waals surface area contributed by atoms with Crippen molar-refractivity contribution in [1.29, 1.82) is 0 Å². The Kier molecular flexibility index (Phi) is 4.71. The Labute approximate surface area is 114 Å². The van der Waals surface area contributed by atoms with E-state index in [4.69, 9.17) is 0 Å². The van der Waals surface area contributed by atoms with Gasteiger partial charge < -0.3 is 5.32 Å². The van der Waals surface area contributed by atoms with Crippen LogP contribution in [0.15, 0.2) is 0 Å². The fraction of sp³-hybridized carbons (Fsp3) is 1.00. The quantitative estimate of drug-likeness (QED) is 0.729. The van der Waals surface area contributed by atoms with Crippen molar-refractivity contribution in [3.05, 3.63) is 0 Å². The van der Waals surface area contributed by atoms with Crippen molar-refractivity contribution in [3.63, 3.8) is 0 Å². The fourth-order valence-corrected chi connectivity index (χ4v) is 3.61. The Morgan fingerprint density at radius 1 is 1.06 bits per heavy atom. The third-order valence-corrected chi connectivity index (χ3v) is 5.21. The molecule has 0 radical (unpaired) electrons. The van der Waals surface area contributed by atoms with Crippen molar-refractivity contribution in [2.24, 2.45) is 5.41 Å². The van der Waals surface area contributed by atoms with Crippen LogP contribution >= 0.6 is 0 Å². The Bertz CT molecular complexity index is 246. The monoisotopic (exact) mass is 252 g/mol. The minimum Gasteiger partial charge on any atom is -0.317 e. The van der Waals surface area contributed by atoms with Gasteiger partial charge in [0.2, 0.25) is 0 Å². The molecule has 0 unspecified atom stereocenters. The molecule has 18 heavy (non-hydrogen) atoms. The van der Waals surface area contributed by atoms with Crippen molar-refractivity contribution in [2.45, 2.75) is 71.3 Å². The summed E-state index contributed by atoms with van der Waals surface area (Å²) in [6, 6.07) is 0. The van der Waals surface area contributed by atoms with E-state index in [-0.39, 0.29) is 0 Å². The van der Waals surface area contributed by atoms with Gasteiger partial charge in [-0.05, 0) is 51.6 Å². The van der Waals surface area contributed by atoms with Crippen LogP contribution in [0.3, 0.4) is 0 Å². The molecule has 2 heteroatoms. The zero-order valence-corrected chi connectivity index (χ0v) is 12.7. The summed E-state index contributed by atoms with van der Waals surface area (Å²) in [7, 11) is 0. The second-order valence-electron chi connectivity index (χ2n) is 7.23. The highest BCUT2D eigenvalue weighted by Crippen LogP contribution is 2.43. The van der Waals surface area contributed by atoms with Crippen molar-refractivity contribution >= 4 is 0 Å². The Balaban J connectivity index is 1.71. The lowest BCUT2D eigenvalue weighted by Crippen LogP contribution is -2.65. The Morgan fingerprint density at radius 3 is 2.33 bits per heavy atom. The molecule has 2 aliphatic heterocycles. The smallest absolute Gasteiger partial charge is 0.0153 e. The molecular weight excluding hydrogens is 220 g/mol. The number of rotatable bonds is 6. The third-order valence-electron chi connectivity index (χ3n) is 5.21. The first kappa shape index (κ1) is 14.3. The van der Waals surface area contributed by atoms with Gasteiger partial charge in [0.15, 0.2) is 0 Å². The maximum atomic E-state index is 3.49. The number of likely N-dealkylation sites (tertiary alicyclic amines) is 1. The first-order valence-corrected chi connectivity index (χ1v) is 8.04. The lowest BCUT2D eigenvalue weighted by molar-refractivity contribution is -0.0840. The van der Waals surface area contributed by atoms with E-state index in [0.29, 0.717) is 11.0 Å². The van der Waals surface area contributed by atoms with Crippen LogP contribution in [0.1, 0.15) is 65.7 Å². The van der Waals surface area contributed by atoms with Gasteiger partial charge >= 0.3 is 0 Å². The molecule has 2 fully saturated rings. The van der Waals surface area contributed by atoms with Gasteiger partial charge in [0.25, 0.3) is 0 Å². The lowest BCUT2D eigenvalue weighted by atomic mass is 9.70. The van der Waals surface area contributed by atoms with E-state index >= 15 is 0 Å². The molecule has 2 rings (SSSR count). The molecule has 1 spiro atoms. The summed E-state index contributed by atoms with van der Waals surface area (Å²) in [5.74, 6) is 0. The number of unbranched alkanes of at least 4 members (excludes halogenated alkanes) is 3. The van der Waals surface area contributed by atoms with Crippen LogP contribution in [0.25, 0.3) is 0 Å². The van der Waals surface area contributed by atoms with Gasteiger partial charge in [-0.15, -0.1) is 0 Å². The van der Waals surface area contributed by atoms with Gasteiger partial charge in [0, 0.05) is 18.6 Å². The average molecular weight is 252 g/mol. The second-order valence-corrected chi connectivity index (χ2v) is 7.23. The van der Waals surface area contributed by atoms with E-state index in [2.05, 4.69) is 31.0 Å². The summed E-state index contributed by atoms with van der Waals surface area (Å²) in [5.41, 5.74) is 1.12. The van der Waals surface area contributed by atoms with Crippen LogP contribution in [0.2, 0.25) is 0 Å². The summed E-state index contributed by atoms with van der Waals surface area (Å²) in [6.07, 6.45) is 9.76. The van der Waals surface area contributed by atoms with Gasteiger partial charge in [-0.1, -0.05) is 32.6 Å². The van der Waals surface area contributed by atoms with Gasteiger partial charge in [0.1, 0.15) is 0 Å². The third kappa shape index (κ3) is 3.27. The molecule has 2 nitrogen and oxygen atoms in total. The predicted molar refractivity (Wildman–Crippen MR) is 78.9 cm³/mol. The van der Waals surface area contributed by atoms with Crippen molar-refractivity contribution < 1.29 is 0 Å². The summed E-state index contributed by atoms with van der Waals surface area (Å²) in [4.78, 5) is 2.74. The SMILES string of the molecule is CCCCCCC(C)(C)N1CC2(CCNCC2)C1. The van der Waals surface area contributed by atoms with Crippen LogP contribution in [-0.2, 0) is 0 Å². The molecule has 0 saturated carbocycles. The molecule has 2 saturated heterocycles. The number of hydrogen-bond donors (Lipinski definition) is 1. The summed E-state index contributed by atoms with van der Waals surface area (Å²) < 4.78 is 0. The van der Waals surface area contributed by atoms with Gasteiger partial charge in [-0.2, -0.15) is 0 Å². The summed E-state index contributed by atoms with van der Waals surface area (Å²) in [5, 5.41) is 3.49. The lowest BCUT2D eigenvalue weighted by Gasteiger charge is -2.58. The number of nitrogens with one attached hydrogen (secondary N) is 1. The highest BCUT2D eigenvalue weighted by atomic mass is 15.3. The average Bonchev–Trinajstić information content (AvgIpc) is 2.33. The normalized spacial score (nSPS) is 24.2. The van der Waals surface area contributed by atoms with Crippen LogP contribution in [0, 0.1) is 5.41 Å². The molecule has 0 atom stereocenters. The standard InChI is InChI=1S/C16H32N2/c1-4-5-6-7-8-15(2,3)18-13-16(14-18)9-11-17-12-10-16/h17H,4-14H2,1-3H3. The number of piperidine rings is 1. The first-order valence-electron chi connectivity index (χ1n) is 8.04. The van der Waals surface area contributed by atoms with Crippen LogP contribution in [0.4, 0.5) is 0 Å². The number of nitrogens with zero attached hydrogens (tertiary/aromatic N) is 1. The molecule has 0 aromatic carbocycles. The van der Waals surface area contributed by atoms with Crippen molar-refractivity contribution in [3.8, 4) is 0 Å². The van der Waals surface area contributed by atoms with Crippen LogP contribution < -0.4 is 5.32 Å². The van der Waals surface area contributed by atoms with E-state index in [0.717, 1.165) is 0 Å². The van der Waals surface area contributed by atoms with Gasteiger partial charge in [-0.3, -0.25) is 4.90 Å². The Morgan fingerprint density at radius 2 is 1.72 bits per heavy atom. The minimum absolute atomic E-state index is 0.434. The number of hydrogen-bond acceptors (Lipinski definition) is 2. The highest BCUT2D eigenvalue weighted by molar-refractivity contribution is 5.02. The zero-order valence-electron chi connectivity index (χ0n) is 12.7. The van der Waals surface area contributed by atoms with Crippen LogP contribution in [0.5, 0.6) is 0 Å². The van der Waals surface area contributed by atoms with Gasteiger partial charge in [0.05, 0.1) is 0 Å². The minimum atomic E-state index is 0.434. The molecular formula is C16H32N2. The molecule has 0 aromatic rings.